The van der Waals surface area contributed by atoms with E-state index in [1.165, 1.54) is 0 Å². The second kappa shape index (κ2) is 7.89. The summed E-state index contributed by atoms with van der Waals surface area (Å²) in [5.41, 5.74) is -0.807. The first-order valence-electron chi connectivity index (χ1n) is 8.55. The van der Waals surface area contributed by atoms with Crippen LogP contribution in [0.15, 0.2) is 4.52 Å². The highest BCUT2D eigenvalue weighted by Gasteiger charge is 2.28. The van der Waals surface area contributed by atoms with E-state index in [4.69, 9.17) is 4.52 Å². The van der Waals surface area contributed by atoms with Crippen LogP contribution in [0.2, 0.25) is 0 Å². The highest BCUT2D eigenvalue weighted by molar-refractivity contribution is 5.24. The smallest absolute Gasteiger partial charge is 0.240 e. The Labute approximate surface area is 152 Å². The van der Waals surface area contributed by atoms with Gasteiger partial charge in [0.1, 0.15) is 0 Å². The van der Waals surface area contributed by atoms with Gasteiger partial charge in [0.15, 0.2) is 29.1 Å². The lowest BCUT2D eigenvalue weighted by atomic mass is 10.1. The lowest BCUT2D eigenvalue weighted by Crippen LogP contribution is -2.45. The largest absolute Gasteiger partial charge is 0.338 e. The van der Waals surface area contributed by atoms with Gasteiger partial charge in [-0.25, -0.2) is 22.0 Å². The van der Waals surface area contributed by atoms with Crippen molar-refractivity contribution in [2.75, 3.05) is 26.2 Å². The Morgan fingerprint density at radius 2 is 1.30 bits per heavy atom. The van der Waals surface area contributed by atoms with E-state index in [2.05, 4.69) is 10.1 Å². The Balaban J connectivity index is 1.60. The Morgan fingerprint density at radius 3 is 1.78 bits per heavy atom. The van der Waals surface area contributed by atoms with Gasteiger partial charge in [-0.2, -0.15) is 4.98 Å². The maximum Gasteiger partial charge on any atom is 0.240 e. The molecule has 1 saturated heterocycles. The topological polar surface area (TPSA) is 45.4 Å². The van der Waals surface area contributed by atoms with Crippen LogP contribution in [0.3, 0.4) is 0 Å². The quantitative estimate of drug-likeness (QED) is 0.446. The summed E-state index contributed by atoms with van der Waals surface area (Å²) in [4.78, 5) is 7.95. The Morgan fingerprint density at radius 1 is 0.815 bits per heavy atom. The van der Waals surface area contributed by atoms with Gasteiger partial charge in [0.05, 0.1) is 6.54 Å². The second-order valence-electron chi connectivity index (χ2n) is 6.80. The highest BCUT2D eigenvalue weighted by Crippen LogP contribution is 2.24. The van der Waals surface area contributed by atoms with Gasteiger partial charge < -0.3 is 4.52 Å². The van der Waals surface area contributed by atoms with Gasteiger partial charge in [-0.3, -0.25) is 9.80 Å². The van der Waals surface area contributed by atoms with Crippen LogP contribution in [0.4, 0.5) is 22.0 Å². The molecule has 2 heterocycles. The summed E-state index contributed by atoms with van der Waals surface area (Å²) in [6.45, 7) is 5.88. The van der Waals surface area contributed by atoms with Crippen LogP contribution in [-0.4, -0.2) is 46.1 Å². The fraction of sp³-hybridized carbons (Fsp3) is 0.529. The van der Waals surface area contributed by atoms with E-state index in [1.807, 2.05) is 18.7 Å². The molecule has 1 aromatic heterocycles. The number of piperazine rings is 1. The van der Waals surface area contributed by atoms with Crippen molar-refractivity contribution < 1.29 is 26.5 Å². The molecule has 0 aliphatic carbocycles. The molecule has 3 rings (SSSR count). The van der Waals surface area contributed by atoms with Crippen molar-refractivity contribution in [3.63, 3.8) is 0 Å². The predicted molar refractivity (Wildman–Crippen MR) is 85.2 cm³/mol. The molecule has 27 heavy (non-hydrogen) atoms. The van der Waals surface area contributed by atoms with Crippen molar-refractivity contribution in [3.8, 4) is 0 Å². The molecule has 0 radical (unpaired) electrons. The van der Waals surface area contributed by atoms with E-state index in [-0.39, 0.29) is 12.5 Å². The van der Waals surface area contributed by atoms with E-state index in [9.17, 15) is 22.0 Å². The molecule has 2 aromatic rings. The zero-order valence-electron chi connectivity index (χ0n) is 14.9. The molecule has 148 valence electrons. The van der Waals surface area contributed by atoms with Gasteiger partial charge in [0.2, 0.25) is 11.7 Å². The molecule has 0 saturated carbocycles. The molecule has 1 aromatic carbocycles. The van der Waals surface area contributed by atoms with Gasteiger partial charge in [0, 0.05) is 44.2 Å². The standard InChI is InChI=1S/C17H19F5N4O/c1-9(2)17-23-11(27-24-17)8-26-5-3-25(4-6-26)7-10-12(18)14(20)16(22)15(21)13(10)19/h9H,3-8H2,1-2H3. The molecule has 0 unspecified atom stereocenters. The van der Waals surface area contributed by atoms with Gasteiger partial charge in [-0.1, -0.05) is 19.0 Å². The van der Waals surface area contributed by atoms with Gasteiger partial charge in [-0.15, -0.1) is 0 Å². The first-order chi connectivity index (χ1) is 12.8. The molecule has 0 N–H and O–H groups in total. The van der Waals surface area contributed by atoms with Gasteiger partial charge in [0.25, 0.3) is 0 Å². The monoisotopic (exact) mass is 390 g/mol. The maximum absolute atomic E-state index is 13.8. The van der Waals surface area contributed by atoms with Crippen molar-refractivity contribution in [2.24, 2.45) is 0 Å². The minimum absolute atomic E-state index is 0.153. The van der Waals surface area contributed by atoms with Crippen LogP contribution in [-0.2, 0) is 13.1 Å². The molecule has 10 heteroatoms. The number of rotatable bonds is 5. The zero-order chi connectivity index (χ0) is 19.7. The summed E-state index contributed by atoms with van der Waals surface area (Å²) in [6.07, 6.45) is 0. The highest BCUT2D eigenvalue weighted by atomic mass is 19.2. The average molecular weight is 390 g/mol. The number of aromatic nitrogens is 2. The first-order valence-corrected chi connectivity index (χ1v) is 8.55. The molecule has 0 atom stereocenters. The normalized spacial score (nSPS) is 16.4. The lowest BCUT2D eigenvalue weighted by Gasteiger charge is -2.34. The first kappa shape index (κ1) is 19.7. The molecule has 0 bridgehead atoms. The minimum atomic E-state index is -2.14. The lowest BCUT2D eigenvalue weighted by molar-refractivity contribution is 0.110. The van der Waals surface area contributed by atoms with Crippen molar-refractivity contribution in [2.45, 2.75) is 32.9 Å². The summed E-state index contributed by atoms with van der Waals surface area (Å²) in [5, 5.41) is 3.89. The number of hydrogen-bond donors (Lipinski definition) is 0. The Bertz CT molecular complexity index is 789. The SMILES string of the molecule is CC(C)c1noc(CN2CCN(Cc3c(F)c(F)c(F)c(F)c3F)CC2)n1. The predicted octanol–water partition coefficient (Wildman–Crippen LogP) is 3.21. The molecule has 0 spiro atoms. The van der Waals surface area contributed by atoms with Crippen LogP contribution in [0, 0.1) is 29.1 Å². The van der Waals surface area contributed by atoms with Crippen LogP contribution in [0.1, 0.15) is 37.0 Å². The third-order valence-electron chi connectivity index (χ3n) is 4.51. The van der Waals surface area contributed by atoms with Crippen molar-refractivity contribution in [1.82, 2.24) is 19.9 Å². The molecular formula is C17H19F5N4O. The Hall–Kier alpha value is -2.07. The van der Waals surface area contributed by atoms with Gasteiger partial charge >= 0.3 is 0 Å². The van der Waals surface area contributed by atoms with Crippen molar-refractivity contribution in [3.05, 3.63) is 46.4 Å². The third-order valence-corrected chi connectivity index (χ3v) is 4.51. The Kier molecular flexibility index (Phi) is 5.75. The summed E-state index contributed by atoms with van der Waals surface area (Å²) in [6, 6.07) is 0. The van der Waals surface area contributed by atoms with Crippen LogP contribution < -0.4 is 0 Å². The molecule has 1 aliphatic heterocycles. The molecule has 1 aliphatic rings. The number of nitrogens with zero attached hydrogens (tertiary/aromatic N) is 4. The van der Waals surface area contributed by atoms with Crippen LogP contribution in [0.25, 0.3) is 0 Å². The zero-order valence-corrected chi connectivity index (χ0v) is 14.9. The molecule has 5 nitrogen and oxygen atoms in total. The summed E-state index contributed by atoms with van der Waals surface area (Å²) >= 11 is 0. The molecular weight excluding hydrogens is 371 g/mol. The summed E-state index contributed by atoms with van der Waals surface area (Å²) < 4.78 is 72.5. The maximum atomic E-state index is 13.8. The average Bonchev–Trinajstić information content (AvgIpc) is 3.12. The van der Waals surface area contributed by atoms with E-state index >= 15 is 0 Å². The van der Waals surface area contributed by atoms with E-state index in [0.717, 1.165) is 0 Å². The fourth-order valence-corrected chi connectivity index (χ4v) is 2.88. The molecule has 0 amide bonds. The fourth-order valence-electron chi connectivity index (χ4n) is 2.88. The molecule has 1 fully saturated rings. The number of benzene rings is 1. The number of hydrogen-bond acceptors (Lipinski definition) is 5. The summed E-state index contributed by atoms with van der Waals surface area (Å²) in [5.74, 6) is -8.28. The van der Waals surface area contributed by atoms with E-state index < -0.39 is 34.6 Å². The van der Waals surface area contributed by atoms with Crippen LogP contribution >= 0.6 is 0 Å². The van der Waals surface area contributed by atoms with E-state index in [0.29, 0.717) is 44.4 Å². The number of halogens is 5. The minimum Gasteiger partial charge on any atom is -0.338 e. The summed E-state index contributed by atoms with van der Waals surface area (Å²) in [7, 11) is 0. The van der Waals surface area contributed by atoms with Crippen molar-refractivity contribution in [1.29, 1.82) is 0 Å². The van der Waals surface area contributed by atoms with Gasteiger partial charge in [-0.05, 0) is 0 Å². The van der Waals surface area contributed by atoms with E-state index in [1.54, 1.807) is 4.90 Å². The van der Waals surface area contributed by atoms with Crippen molar-refractivity contribution >= 4 is 0 Å². The van der Waals surface area contributed by atoms with Crippen LogP contribution in [0.5, 0.6) is 0 Å². The second-order valence-corrected chi connectivity index (χ2v) is 6.80. The third kappa shape index (κ3) is 4.11.